The zero-order chi connectivity index (χ0) is 14.4. The average Bonchev–Trinajstić information content (AvgIpc) is 2.31. The molecular weight excluding hydrogens is 268 g/mol. The maximum Gasteiger partial charge on any atom is 0.323 e. The van der Waals surface area contributed by atoms with E-state index in [9.17, 15) is 9.59 Å². The summed E-state index contributed by atoms with van der Waals surface area (Å²) in [6.07, 6.45) is 5.10. The summed E-state index contributed by atoms with van der Waals surface area (Å²) >= 11 is 5.97. The van der Waals surface area contributed by atoms with Gasteiger partial charge in [-0.25, -0.2) is 4.79 Å². The van der Waals surface area contributed by atoms with Crippen molar-refractivity contribution >= 4 is 29.3 Å². The van der Waals surface area contributed by atoms with Gasteiger partial charge in [-0.1, -0.05) is 23.6 Å². The molecule has 2 amide bonds. The van der Waals surface area contributed by atoms with Gasteiger partial charge in [0.15, 0.2) is 0 Å². The van der Waals surface area contributed by atoms with Gasteiger partial charge in [-0.15, -0.1) is 6.42 Å². The van der Waals surface area contributed by atoms with E-state index in [1.807, 2.05) is 6.92 Å². The van der Waals surface area contributed by atoms with Crippen LogP contribution in [0.15, 0.2) is 18.2 Å². The second-order valence-electron chi connectivity index (χ2n) is 3.87. The molecule has 0 unspecified atom stereocenters. The first-order valence-corrected chi connectivity index (χ1v) is 5.79. The molecule has 0 aliphatic rings. The fourth-order valence-corrected chi connectivity index (χ4v) is 1.67. The minimum Gasteiger partial charge on any atom is -0.480 e. The number of carboxylic acid groups (broad SMARTS) is 1. The molecule has 19 heavy (non-hydrogen) atoms. The van der Waals surface area contributed by atoms with E-state index in [2.05, 4.69) is 11.2 Å². The van der Waals surface area contributed by atoms with Crippen molar-refractivity contribution in [1.29, 1.82) is 0 Å². The van der Waals surface area contributed by atoms with Crippen molar-refractivity contribution in [3.05, 3.63) is 28.8 Å². The quantitative estimate of drug-likeness (QED) is 0.831. The maximum atomic E-state index is 11.9. The lowest BCUT2D eigenvalue weighted by molar-refractivity contribution is -0.137. The Kier molecular flexibility index (Phi) is 5.22. The number of carbonyl (C=O) groups excluding carboxylic acids is 1. The lowest BCUT2D eigenvalue weighted by atomic mass is 10.2. The number of aryl methyl sites for hydroxylation is 1. The van der Waals surface area contributed by atoms with E-state index in [0.29, 0.717) is 10.7 Å². The smallest absolute Gasteiger partial charge is 0.323 e. The molecular formula is C13H13ClN2O3. The Balaban J connectivity index is 2.81. The molecule has 0 saturated carbocycles. The highest BCUT2D eigenvalue weighted by molar-refractivity contribution is 6.33. The molecule has 0 fully saturated rings. The topological polar surface area (TPSA) is 69.6 Å². The summed E-state index contributed by atoms with van der Waals surface area (Å²) in [4.78, 5) is 23.5. The standard InChI is InChI=1S/C13H13ClN2O3/c1-3-6-16(8-12(17)18)13(19)15-11-5-4-9(2)7-10(11)14/h1,4-5,7H,6,8H2,2H3,(H,15,19)(H,17,18). The van der Waals surface area contributed by atoms with Crippen LogP contribution < -0.4 is 5.32 Å². The lowest BCUT2D eigenvalue weighted by Crippen LogP contribution is -2.39. The van der Waals surface area contributed by atoms with Crippen LogP contribution in [0.4, 0.5) is 10.5 Å². The number of nitrogens with one attached hydrogen (secondary N) is 1. The number of hydrogen-bond acceptors (Lipinski definition) is 2. The van der Waals surface area contributed by atoms with Gasteiger partial charge in [-0.3, -0.25) is 4.79 Å². The van der Waals surface area contributed by atoms with Crippen molar-refractivity contribution in [1.82, 2.24) is 4.90 Å². The van der Waals surface area contributed by atoms with Crippen molar-refractivity contribution in [2.24, 2.45) is 0 Å². The molecule has 0 atom stereocenters. The molecule has 1 rings (SSSR count). The number of benzene rings is 1. The van der Waals surface area contributed by atoms with Gasteiger partial charge in [0.2, 0.25) is 0 Å². The second-order valence-corrected chi connectivity index (χ2v) is 4.27. The van der Waals surface area contributed by atoms with Crippen molar-refractivity contribution in [3.8, 4) is 12.3 Å². The number of terminal acetylenes is 1. The number of carbonyl (C=O) groups is 2. The van der Waals surface area contributed by atoms with Crippen LogP contribution in [0.25, 0.3) is 0 Å². The number of hydrogen-bond donors (Lipinski definition) is 2. The highest BCUT2D eigenvalue weighted by Gasteiger charge is 2.16. The molecule has 0 aromatic heterocycles. The first-order chi connectivity index (χ1) is 8.93. The molecule has 0 spiro atoms. The predicted molar refractivity (Wildman–Crippen MR) is 73.2 cm³/mol. The summed E-state index contributed by atoms with van der Waals surface area (Å²) in [6.45, 7) is 1.30. The SMILES string of the molecule is C#CCN(CC(=O)O)C(=O)Nc1ccc(C)cc1Cl. The van der Waals surface area contributed by atoms with Crippen LogP contribution in [-0.4, -0.2) is 35.1 Å². The van der Waals surface area contributed by atoms with Crippen LogP contribution in [0.5, 0.6) is 0 Å². The van der Waals surface area contributed by atoms with Crippen LogP contribution in [0.2, 0.25) is 5.02 Å². The Labute approximate surface area is 116 Å². The Morgan fingerprint density at radius 1 is 1.53 bits per heavy atom. The molecule has 1 aromatic carbocycles. The van der Waals surface area contributed by atoms with Gasteiger partial charge < -0.3 is 15.3 Å². The third-order valence-corrected chi connectivity index (χ3v) is 2.57. The van der Waals surface area contributed by atoms with Gasteiger partial charge in [0, 0.05) is 0 Å². The van der Waals surface area contributed by atoms with E-state index in [4.69, 9.17) is 23.1 Å². The molecule has 100 valence electrons. The number of amides is 2. The van der Waals surface area contributed by atoms with Gasteiger partial charge in [0.05, 0.1) is 17.3 Å². The number of nitrogens with zero attached hydrogens (tertiary/aromatic N) is 1. The highest BCUT2D eigenvalue weighted by atomic mass is 35.5. The van der Waals surface area contributed by atoms with E-state index in [0.717, 1.165) is 10.5 Å². The largest absolute Gasteiger partial charge is 0.480 e. The first-order valence-electron chi connectivity index (χ1n) is 5.41. The Hall–Kier alpha value is -2.19. The summed E-state index contributed by atoms with van der Waals surface area (Å²) in [6, 6.07) is 4.51. The van der Waals surface area contributed by atoms with Crippen LogP contribution in [0.3, 0.4) is 0 Å². The molecule has 0 radical (unpaired) electrons. The van der Waals surface area contributed by atoms with E-state index >= 15 is 0 Å². The fourth-order valence-electron chi connectivity index (χ4n) is 1.39. The number of carboxylic acids is 1. The molecule has 1 aromatic rings. The van der Waals surface area contributed by atoms with Crippen LogP contribution in [-0.2, 0) is 4.79 Å². The minimum absolute atomic E-state index is 0.0956. The Bertz CT molecular complexity index is 537. The maximum absolute atomic E-state index is 11.9. The van der Waals surface area contributed by atoms with Crippen molar-refractivity contribution in [3.63, 3.8) is 0 Å². The predicted octanol–water partition coefficient (Wildman–Crippen LogP) is 2.20. The third kappa shape index (κ3) is 4.53. The van der Waals surface area contributed by atoms with E-state index < -0.39 is 18.5 Å². The average molecular weight is 281 g/mol. The number of anilines is 1. The zero-order valence-electron chi connectivity index (χ0n) is 10.3. The molecule has 2 N–H and O–H groups in total. The zero-order valence-corrected chi connectivity index (χ0v) is 11.1. The van der Waals surface area contributed by atoms with Gasteiger partial charge in [-0.2, -0.15) is 0 Å². The van der Waals surface area contributed by atoms with Gasteiger partial charge in [-0.05, 0) is 24.6 Å². The lowest BCUT2D eigenvalue weighted by Gasteiger charge is -2.19. The molecule has 0 bridgehead atoms. The summed E-state index contributed by atoms with van der Waals surface area (Å²) in [5.41, 5.74) is 1.36. The summed E-state index contributed by atoms with van der Waals surface area (Å²) < 4.78 is 0. The summed E-state index contributed by atoms with van der Waals surface area (Å²) in [5, 5.41) is 11.6. The van der Waals surface area contributed by atoms with Crippen LogP contribution >= 0.6 is 11.6 Å². The minimum atomic E-state index is -1.14. The van der Waals surface area contributed by atoms with Crippen LogP contribution in [0, 0.1) is 19.3 Å². The van der Waals surface area contributed by atoms with Gasteiger partial charge in [0.25, 0.3) is 0 Å². The van der Waals surface area contributed by atoms with E-state index in [1.165, 1.54) is 0 Å². The normalized spacial score (nSPS) is 9.53. The van der Waals surface area contributed by atoms with Gasteiger partial charge in [0.1, 0.15) is 6.54 Å². The molecule has 0 saturated heterocycles. The van der Waals surface area contributed by atoms with Crippen molar-refractivity contribution < 1.29 is 14.7 Å². The number of rotatable bonds is 4. The number of urea groups is 1. The van der Waals surface area contributed by atoms with Gasteiger partial charge >= 0.3 is 12.0 Å². The molecule has 0 aliphatic heterocycles. The fraction of sp³-hybridized carbons (Fsp3) is 0.231. The monoisotopic (exact) mass is 280 g/mol. The number of halogens is 1. The summed E-state index contributed by atoms with van der Waals surface area (Å²) in [5.74, 6) is 1.09. The third-order valence-electron chi connectivity index (χ3n) is 2.26. The molecule has 5 nitrogen and oxygen atoms in total. The summed E-state index contributed by atoms with van der Waals surface area (Å²) in [7, 11) is 0. The van der Waals surface area contributed by atoms with Crippen molar-refractivity contribution in [2.75, 3.05) is 18.4 Å². The Morgan fingerprint density at radius 3 is 2.74 bits per heavy atom. The highest BCUT2D eigenvalue weighted by Crippen LogP contribution is 2.22. The Morgan fingerprint density at radius 2 is 2.21 bits per heavy atom. The molecule has 6 heteroatoms. The molecule has 0 aliphatic carbocycles. The number of aliphatic carboxylic acids is 1. The van der Waals surface area contributed by atoms with Crippen LogP contribution in [0.1, 0.15) is 5.56 Å². The van der Waals surface area contributed by atoms with Crippen molar-refractivity contribution in [2.45, 2.75) is 6.92 Å². The first kappa shape index (κ1) is 14.9. The van der Waals surface area contributed by atoms with E-state index in [1.54, 1.807) is 18.2 Å². The molecule has 0 heterocycles. The second kappa shape index (κ2) is 6.66. The van der Waals surface area contributed by atoms with E-state index in [-0.39, 0.29) is 6.54 Å².